The van der Waals surface area contributed by atoms with Crippen LogP contribution in [-0.4, -0.2) is 28.7 Å². The number of hydrazine groups is 1. The number of hydrogen-bond acceptors (Lipinski definition) is 5. The Morgan fingerprint density at radius 3 is 1.82 bits per heavy atom. The van der Waals surface area contributed by atoms with E-state index in [1.54, 1.807) is 0 Å². The molecule has 28 heavy (non-hydrogen) atoms. The van der Waals surface area contributed by atoms with Crippen LogP contribution in [0.15, 0.2) is 24.3 Å². The normalized spacial score (nSPS) is 10.6. The van der Waals surface area contributed by atoms with Crippen LogP contribution in [0.2, 0.25) is 0 Å². The lowest BCUT2D eigenvalue weighted by Gasteiger charge is -2.14. The number of nitrogens with two attached hydrogens (primary N) is 1. The maximum Gasteiger partial charge on any atom is 0.431 e. The molecular formula is C22H36N2O4. The summed E-state index contributed by atoms with van der Waals surface area (Å²) in [6, 6.07) is 5.52. The third-order valence-electron chi connectivity index (χ3n) is 4.75. The van der Waals surface area contributed by atoms with E-state index < -0.39 is 12.0 Å². The number of ether oxygens (including phenoxy) is 1. The van der Waals surface area contributed by atoms with Gasteiger partial charge in [-0.25, -0.2) is 10.6 Å². The Labute approximate surface area is 169 Å². The van der Waals surface area contributed by atoms with E-state index in [2.05, 4.69) is 6.92 Å². The van der Waals surface area contributed by atoms with E-state index in [0.29, 0.717) is 5.01 Å². The second-order valence-electron chi connectivity index (χ2n) is 7.23. The third-order valence-corrected chi connectivity index (χ3v) is 4.75. The van der Waals surface area contributed by atoms with Crippen LogP contribution >= 0.6 is 0 Å². The van der Waals surface area contributed by atoms with Gasteiger partial charge in [-0.1, -0.05) is 77.6 Å². The minimum atomic E-state index is -0.860. The van der Waals surface area contributed by atoms with Crippen LogP contribution in [0.4, 0.5) is 4.79 Å². The maximum atomic E-state index is 12.0. The van der Waals surface area contributed by atoms with E-state index in [9.17, 15) is 14.7 Å². The summed E-state index contributed by atoms with van der Waals surface area (Å²) >= 11 is 0. The number of unbranched alkanes of at least 4 members (excludes halogenated alkanes) is 11. The van der Waals surface area contributed by atoms with Gasteiger partial charge in [-0.15, -0.1) is 0 Å². The summed E-state index contributed by atoms with van der Waals surface area (Å²) in [6.45, 7) is 2.50. The smallest absolute Gasteiger partial charge is 0.431 e. The lowest BCUT2D eigenvalue weighted by molar-refractivity contribution is 0.0656. The number of carbonyl (C=O) groups is 2. The van der Waals surface area contributed by atoms with Crippen molar-refractivity contribution in [1.29, 1.82) is 0 Å². The molecule has 0 spiro atoms. The molecule has 1 aromatic rings. The zero-order valence-corrected chi connectivity index (χ0v) is 17.2. The van der Waals surface area contributed by atoms with Crippen LogP contribution in [0.3, 0.4) is 0 Å². The fourth-order valence-electron chi connectivity index (χ4n) is 3.00. The Hall–Kier alpha value is -2.08. The molecule has 0 atom stereocenters. The molecule has 2 amide bonds. The summed E-state index contributed by atoms with van der Waals surface area (Å²) in [6.07, 6.45) is 13.9. The number of carbonyl (C=O) groups excluding carboxylic acids is 2. The first kappa shape index (κ1) is 24.0. The Balaban J connectivity index is 2.01. The van der Waals surface area contributed by atoms with Gasteiger partial charge >= 0.3 is 6.09 Å². The summed E-state index contributed by atoms with van der Waals surface area (Å²) in [5.74, 6) is 4.89. The van der Waals surface area contributed by atoms with Crippen molar-refractivity contribution in [1.82, 2.24) is 5.01 Å². The van der Waals surface area contributed by atoms with Crippen molar-refractivity contribution in [3.05, 3.63) is 29.8 Å². The molecule has 0 aliphatic carbocycles. The van der Waals surface area contributed by atoms with Crippen LogP contribution < -0.4 is 5.84 Å². The highest BCUT2D eigenvalue weighted by Crippen LogP contribution is 2.13. The van der Waals surface area contributed by atoms with Crippen molar-refractivity contribution in [2.24, 2.45) is 5.84 Å². The van der Waals surface area contributed by atoms with Gasteiger partial charge in [0.25, 0.3) is 5.91 Å². The first-order chi connectivity index (χ1) is 13.6. The van der Waals surface area contributed by atoms with E-state index in [1.165, 1.54) is 82.1 Å². The van der Waals surface area contributed by atoms with E-state index in [4.69, 9.17) is 10.6 Å². The summed E-state index contributed by atoms with van der Waals surface area (Å²) < 4.78 is 5.05. The number of phenolic OH excluding ortho intramolecular Hbond substituents is 1. The number of phenols is 1. The zero-order valence-electron chi connectivity index (χ0n) is 17.2. The highest BCUT2D eigenvalue weighted by atomic mass is 16.6. The lowest BCUT2D eigenvalue weighted by Crippen LogP contribution is -2.43. The molecule has 0 fully saturated rings. The van der Waals surface area contributed by atoms with Crippen LogP contribution in [0.25, 0.3) is 0 Å². The Kier molecular flexibility index (Phi) is 12.8. The van der Waals surface area contributed by atoms with Gasteiger partial charge < -0.3 is 9.84 Å². The molecule has 0 radical (unpaired) electrons. The van der Waals surface area contributed by atoms with Gasteiger partial charge in [-0.05, 0) is 30.7 Å². The van der Waals surface area contributed by atoms with Crippen LogP contribution in [0, 0.1) is 0 Å². The van der Waals surface area contributed by atoms with Gasteiger partial charge in [-0.2, -0.15) is 5.01 Å². The molecule has 0 heterocycles. The molecule has 0 aliphatic rings. The van der Waals surface area contributed by atoms with Crippen LogP contribution in [0.5, 0.6) is 5.75 Å². The number of amides is 2. The second kappa shape index (κ2) is 14.9. The standard InChI is InChI=1S/C22H36N2O4/c1-2-3-4-5-6-7-8-9-10-11-12-13-18-28-22(27)24(23)21(26)19-14-16-20(25)17-15-19/h14-17,25H,2-13,18,23H2,1H3. The minimum absolute atomic E-state index is 0.0367. The average molecular weight is 393 g/mol. The molecular weight excluding hydrogens is 356 g/mol. The highest BCUT2D eigenvalue weighted by Gasteiger charge is 2.20. The molecule has 0 bridgehead atoms. The van der Waals surface area contributed by atoms with Crippen molar-refractivity contribution in [3.63, 3.8) is 0 Å². The fourth-order valence-corrected chi connectivity index (χ4v) is 3.00. The number of benzene rings is 1. The summed E-state index contributed by atoms with van der Waals surface area (Å²) in [7, 11) is 0. The van der Waals surface area contributed by atoms with Crippen LogP contribution in [-0.2, 0) is 4.74 Å². The average Bonchev–Trinajstić information content (AvgIpc) is 2.70. The molecule has 6 heteroatoms. The number of nitrogens with zero attached hydrogens (tertiary/aromatic N) is 1. The Morgan fingerprint density at radius 2 is 1.32 bits per heavy atom. The Morgan fingerprint density at radius 1 is 0.857 bits per heavy atom. The highest BCUT2D eigenvalue weighted by molar-refractivity contribution is 6.02. The van der Waals surface area contributed by atoms with Crippen molar-refractivity contribution in [2.75, 3.05) is 6.61 Å². The molecule has 0 aliphatic heterocycles. The van der Waals surface area contributed by atoms with Gasteiger partial charge in [0.2, 0.25) is 0 Å². The van der Waals surface area contributed by atoms with Gasteiger partial charge in [0.15, 0.2) is 0 Å². The quantitative estimate of drug-likeness (QED) is 0.187. The van der Waals surface area contributed by atoms with Gasteiger partial charge in [0, 0.05) is 5.56 Å². The first-order valence-electron chi connectivity index (χ1n) is 10.6. The Bertz CT molecular complexity index is 560. The van der Waals surface area contributed by atoms with E-state index in [-0.39, 0.29) is 17.9 Å². The van der Waals surface area contributed by atoms with E-state index in [0.717, 1.165) is 19.3 Å². The lowest BCUT2D eigenvalue weighted by atomic mass is 10.1. The fraction of sp³-hybridized carbons (Fsp3) is 0.636. The molecule has 3 N–H and O–H groups in total. The van der Waals surface area contributed by atoms with Gasteiger partial charge in [-0.3, -0.25) is 4.79 Å². The summed E-state index contributed by atoms with van der Waals surface area (Å²) in [4.78, 5) is 23.9. The molecule has 1 aromatic carbocycles. The minimum Gasteiger partial charge on any atom is -0.508 e. The SMILES string of the molecule is CCCCCCCCCCCCCCOC(=O)N(N)C(=O)c1ccc(O)cc1. The van der Waals surface area contributed by atoms with Crippen molar-refractivity contribution >= 4 is 12.0 Å². The molecule has 0 saturated carbocycles. The zero-order chi connectivity index (χ0) is 20.6. The van der Waals surface area contributed by atoms with Gasteiger partial charge in [0.05, 0.1) is 6.61 Å². The molecule has 158 valence electrons. The van der Waals surface area contributed by atoms with E-state index >= 15 is 0 Å². The predicted molar refractivity (Wildman–Crippen MR) is 111 cm³/mol. The number of hydrogen-bond donors (Lipinski definition) is 2. The monoisotopic (exact) mass is 392 g/mol. The predicted octanol–water partition coefficient (Wildman–Crippen LogP) is 5.55. The van der Waals surface area contributed by atoms with Gasteiger partial charge in [0.1, 0.15) is 5.75 Å². The molecule has 6 nitrogen and oxygen atoms in total. The number of imide groups is 1. The molecule has 0 aromatic heterocycles. The largest absolute Gasteiger partial charge is 0.508 e. The van der Waals surface area contributed by atoms with Crippen LogP contribution in [0.1, 0.15) is 94.3 Å². The number of aromatic hydroxyl groups is 1. The second-order valence-corrected chi connectivity index (χ2v) is 7.23. The third kappa shape index (κ3) is 10.3. The summed E-state index contributed by atoms with van der Waals surface area (Å²) in [5.41, 5.74) is 0.211. The molecule has 0 saturated heterocycles. The maximum absolute atomic E-state index is 12.0. The van der Waals surface area contributed by atoms with Crippen molar-refractivity contribution in [2.45, 2.75) is 84.0 Å². The molecule has 0 unspecified atom stereocenters. The van der Waals surface area contributed by atoms with E-state index in [1.807, 2.05) is 0 Å². The summed E-state index contributed by atoms with van der Waals surface area (Å²) in [5, 5.41) is 9.69. The first-order valence-corrected chi connectivity index (χ1v) is 10.6. The van der Waals surface area contributed by atoms with Crippen molar-refractivity contribution in [3.8, 4) is 5.75 Å². The molecule has 1 rings (SSSR count). The number of rotatable bonds is 14. The topological polar surface area (TPSA) is 92.9 Å². The van der Waals surface area contributed by atoms with Crippen molar-refractivity contribution < 1.29 is 19.4 Å².